The molecule has 2 rings (SSSR count). The molecule has 0 fully saturated rings. The molecule has 0 radical (unpaired) electrons. The Morgan fingerprint density at radius 3 is 2.68 bits per heavy atom. The molecule has 0 atom stereocenters. The number of nitrogens with zero attached hydrogens (tertiary/aromatic N) is 1. The molecule has 0 saturated carbocycles. The van der Waals surface area contributed by atoms with Gasteiger partial charge in [0.25, 0.3) is 5.69 Å². The second kappa shape index (κ2) is 5.59. The molecule has 6 heteroatoms. The number of thiophene rings is 1. The van der Waals surface area contributed by atoms with Crippen molar-refractivity contribution < 1.29 is 4.92 Å². The molecule has 2 aromatic rings. The summed E-state index contributed by atoms with van der Waals surface area (Å²) in [5, 5.41) is 14.4. The lowest BCUT2D eigenvalue weighted by atomic mass is 10.2. The summed E-state index contributed by atoms with van der Waals surface area (Å²) in [5.41, 5.74) is 1.80. The van der Waals surface area contributed by atoms with Crippen LogP contribution in [0.1, 0.15) is 15.3 Å². The van der Waals surface area contributed by atoms with Crippen molar-refractivity contribution in [1.82, 2.24) is 0 Å². The molecule has 1 N–H and O–H groups in total. The lowest BCUT2D eigenvalue weighted by Crippen LogP contribution is -2.01. The Morgan fingerprint density at radius 1 is 1.37 bits per heavy atom. The van der Waals surface area contributed by atoms with Crippen LogP contribution in [0.5, 0.6) is 0 Å². The number of aryl methyl sites for hydroxylation is 2. The first kappa shape index (κ1) is 13.8. The number of hydrogen-bond acceptors (Lipinski definition) is 4. The van der Waals surface area contributed by atoms with Gasteiger partial charge in [-0.1, -0.05) is 11.6 Å². The molecule has 0 unspecified atom stereocenters. The van der Waals surface area contributed by atoms with Gasteiger partial charge in [0.05, 0.1) is 15.6 Å². The van der Waals surface area contributed by atoms with E-state index in [4.69, 9.17) is 11.6 Å². The molecular weight excluding hydrogens is 284 g/mol. The highest BCUT2D eigenvalue weighted by atomic mass is 35.5. The molecule has 0 spiro atoms. The molecule has 0 aliphatic carbocycles. The Kier molecular flexibility index (Phi) is 4.07. The van der Waals surface area contributed by atoms with Gasteiger partial charge in [-0.05, 0) is 31.5 Å². The highest BCUT2D eigenvalue weighted by molar-refractivity contribution is 7.12. The number of nitrogens with one attached hydrogen (secondary N) is 1. The van der Waals surface area contributed by atoms with Gasteiger partial charge >= 0.3 is 0 Å². The smallest absolute Gasteiger partial charge is 0.271 e. The van der Waals surface area contributed by atoms with E-state index in [2.05, 4.69) is 25.2 Å². The number of anilines is 1. The zero-order valence-corrected chi connectivity index (χ0v) is 12.1. The zero-order valence-electron chi connectivity index (χ0n) is 10.6. The third-order valence-corrected chi connectivity index (χ3v) is 4.11. The minimum absolute atomic E-state index is 0.0325. The number of nitro benzene ring substituents is 1. The van der Waals surface area contributed by atoms with Gasteiger partial charge in [0.2, 0.25) is 0 Å². The Morgan fingerprint density at radius 2 is 2.11 bits per heavy atom. The van der Waals surface area contributed by atoms with Gasteiger partial charge in [0.1, 0.15) is 0 Å². The number of rotatable bonds is 4. The molecule has 1 heterocycles. The van der Waals surface area contributed by atoms with Crippen molar-refractivity contribution in [2.45, 2.75) is 20.4 Å². The molecule has 0 bridgehead atoms. The van der Waals surface area contributed by atoms with Gasteiger partial charge in [0.15, 0.2) is 0 Å². The van der Waals surface area contributed by atoms with Crippen molar-refractivity contribution in [1.29, 1.82) is 0 Å². The van der Waals surface area contributed by atoms with Crippen LogP contribution in [-0.4, -0.2) is 4.92 Å². The summed E-state index contributed by atoms with van der Waals surface area (Å²) < 4.78 is 0. The molecule has 1 aromatic carbocycles. The average molecular weight is 297 g/mol. The lowest BCUT2D eigenvalue weighted by Gasteiger charge is -2.08. The summed E-state index contributed by atoms with van der Waals surface area (Å²) in [7, 11) is 0. The molecule has 100 valence electrons. The van der Waals surface area contributed by atoms with Crippen LogP contribution < -0.4 is 5.32 Å². The highest BCUT2D eigenvalue weighted by Crippen LogP contribution is 2.28. The van der Waals surface area contributed by atoms with E-state index in [1.165, 1.54) is 33.5 Å². The number of hydrogen-bond donors (Lipinski definition) is 1. The summed E-state index contributed by atoms with van der Waals surface area (Å²) >= 11 is 7.77. The summed E-state index contributed by atoms with van der Waals surface area (Å²) in [6.45, 7) is 4.72. The molecular formula is C13H13ClN2O2S. The molecule has 0 aliphatic rings. The Bertz CT molecular complexity index is 625. The van der Waals surface area contributed by atoms with Gasteiger partial charge in [-0.15, -0.1) is 11.3 Å². The molecule has 0 aliphatic heterocycles. The first-order valence-corrected chi connectivity index (χ1v) is 6.90. The Labute approximate surface area is 120 Å². The minimum atomic E-state index is -0.429. The molecule has 0 saturated heterocycles. The number of non-ortho nitro benzene ring substituents is 1. The van der Waals surface area contributed by atoms with E-state index < -0.39 is 4.92 Å². The summed E-state index contributed by atoms with van der Waals surface area (Å²) in [4.78, 5) is 12.8. The van der Waals surface area contributed by atoms with Crippen molar-refractivity contribution in [3.63, 3.8) is 0 Å². The summed E-state index contributed by atoms with van der Waals surface area (Å²) in [6, 6.07) is 6.50. The molecule has 1 aromatic heterocycles. The largest absolute Gasteiger partial charge is 0.380 e. The summed E-state index contributed by atoms with van der Waals surface area (Å²) in [6.07, 6.45) is 0. The predicted molar refractivity (Wildman–Crippen MR) is 79.2 cm³/mol. The fourth-order valence-electron chi connectivity index (χ4n) is 1.81. The first-order valence-electron chi connectivity index (χ1n) is 5.71. The van der Waals surface area contributed by atoms with Gasteiger partial charge in [-0.25, -0.2) is 0 Å². The van der Waals surface area contributed by atoms with Crippen LogP contribution in [0.25, 0.3) is 0 Å². The Hall–Kier alpha value is -1.59. The van der Waals surface area contributed by atoms with E-state index >= 15 is 0 Å². The number of halogens is 1. The quantitative estimate of drug-likeness (QED) is 0.665. The third-order valence-electron chi connectivity index (χ3n) is 2.77. The van der Waals surface area contributed by atoms with Crippen LogP contribution in [0.3, 0.4) is 0 Å². The van der Waals surface area contributed by atoms with Crippen molar-refractivity contribution >= 4 is 34.3 Å². The average Bonchev–Trinajstić information content (AvgIpc) is 2.66. The fraction of sp³-hybridized carbons (Fsp3) is 0.231. The maximum Gasteiger partial charge on any atom is 0.271 e. The second-order valence-electron chi connectivity index (χ2n) is 4.21. The normalized spacial score (nSPS) is 10.5. The van der Waals surface area contributed by atoms with Crippen LogP contribution in [-0.2, 0) is 6.54 Å². The van der Waals surface area contributed by atoms with E-state index in [0.29, 0.717) is 17.3 Å². The minimum Gasteiger partial charge on any atom is -0.380 e. The highest BCUT2D eigenvalue weighted by Gasteiger charge is 2.10. The number of benzene rings is 1. The SMILES string of the molecule is Cc1cc(CNc2cc([N+](=O)[O-])ccc2Cl)c(C)s1. The van der Waals surface area contributed by atoms with Gasteiger partial charge in [0, 0.05) is 28.4 Å². The van der Waals surface area contributed by atoms with E-state index in [9.17, 15) is 10.1 Å². The predicted octanol–water partition coefficient (Wildman–Crippen LogP) is 4.54. The van der Waals surface area contributed by atoms with Crippen molar-refractivity contribution in [2.24, 2.45) is 0 Å². The van der Waals surface area contributed by atoms with Crippen molar-refractivity contribution in [3.8, 4) is 0 Å². The topological polar surface area (TPSA) is 55.2 Å². The van der Waals surface area contributed by atoms with E-state index in [0.717, 1.165) is 0 Å². The van der Waals surface area contributed by atoms with Crippen LogP contribution in [0.2, 0.25) is 5.02 Å². The maximum absolute atomic E-state index is 10.7. The monoisotopic (exact) mass is 296 g/mol. The molecule has 19 heavy (non-hydrogen) atoms. The van der Waals surface area contributed by atoms with Crippen LogP contribution in [0.15, 0.2) is 24.3 Å². The van der Waals surface area contributed by atoms with Crippen LogP contribution in [0, 0.1) is 24.0 Å². The zero-order chi connectivity index (χ0) is 14.0. The lowest BCUT2D eigenvalue weighted by molar-refractivity contribution is -0.384. The number of nitro groups is 1. The second-order valence-corrected chi connectivity index (χ2v) is 6.08. The van der Waals surface area contributed by atoms with Crippen LogP contribution in [0.4, 0.5) is 11.4 Å². The van der Waals surface area contributed by atoms with Crippen molar-refractivity contribution in [2.75, 3.05) is 5.32 Å². The van der Waals surface area contributed by atoms with E-state index in [1.807, 2.05) is 0 Å². The maximum atomic E-state index is 10.7. The third kappa shape index (κ3) is 3.24. The molecule has 4 nitrogen and oxygen atoms in total. The summed E-state index contributed by atoms with van der Waals surface area (Å²) in [5.74, 6) is 0. The Balaban J connectivity index is 2.17. The molecule has 0 amide bonds. The van der Waals surface area contributed by atoms with E-state index in [-0.39, 0.29) is 5.69 Å². The fourth-order valence-corrected chi connectivity index (χ4v) is 2.94. The van der Waals surface area contributed by atoms with Gasteiger partial charge in [-0.2, -0.15) is 0 Å². The van der Waals surface area contributed by atoms with Gasteiger partial charge in [-0.3, -0.25) is 10.1 Å². The first-order chi connectivity index (χ1) is 8.97. The van der Waals surface area contributed by atoms with Crippen LogP contribution >= 0.6 is 22.9 Å². The van der Waals surface area contributed by atoms with E-state index in [1.54, 1.807) is 11.3 Å². The van der Waals surface area contributed by atoms with Gasteiger partial charge < -0.3 is 5.32 Å². The standard InChI is InChI=1S/C13H13ClN2O2S/c1-8-5-10(9(2)19-8)7-15-13-6-11(16(17)18)3-4-12(13)14/h3-6,15H,7H2,1-2H3. The van der Waals surface area contributed by atoms with Crippen molar-refractivity contribution in [3.05, 3.63) is 54.7 Å².